The van der Waals surface area contributed by atoms with Crippen LogP contribution in [0.2, 0.25) is 0 Å². The van der Waals surface area contributed by atoms with Gasteiger partial charge in [-0.15, -0.1) is 0 Å². The minimum Gasteiger partial charge on any atom is -0.466 e. The molecule has 0 heterocycles. The summed E-state index contributed by atoms with van der Waals surface area (Å²) in [5.41, 5.74) is 2.24. The van der Waals surface area contributed by atoms with E-state index >= 15 is 0 Å². The summed E-state index contributed by atoms with van der Waals surface area (Å²) in [6, 6.07) is 0. The minimum absolute atomic E-state index is 0.134. The molecule has 1 N–H and O–H groups in total. The summed E-state index contributed by atoms with van der Waals surface area (Å²) < 4.78 is 4.77. The first-order chi connectivity index (χ1) is 14.6. The highest BCUT2D eigenvalue weighted by Gasteiger charge is 2.59. The second-order valence-corrected chi connectivity index (χ2v) is 11.4. The lowest BCUT2D eigenvalue weighted by Crippen LogP contribution is -2.51. The van der Waals surface area contributed by atoms with Crippen molar-refractivity contribution in [3.05, 3.63) is 23.8 Å². The van der Waals surface area contributed by atoms with Crippen LogP contribution < -0.4 is 0 Å². The zero-order valence-electron chi connectivity index (χ0n) is 19.8. The number of ether oxygens (including phenoxy) is 1. The molecular formula is C27H40O4. The summed E-state index contributed by atoms with van der Waals surface area (Å²) in [5, 5.41) is 10.9. The lowest BCUT2D eigenvalue weighted by molar-refractivity contribution is -0.136. The number of hydrogen-bond donors (Lipinski definition) is 1. The fourth-order valence-corrected chi connectivity index (χ4v) is 8.40. The van der Waals surface area contributed by atoms with Crippen molar-refractivity contribution < 1.29 is 19.4 Å². The molecule has 0 aromatic rings. The van der Waals surface area contributed by atoms with E-state index in [9.17, 15) is 14.7 Å². The van der Waals surface area contributed by atoms with Gasteiger partial charge in [-0.05, 0) is 91.4 Å². The van der Waals surface area contributed by atoms with E-state index in [0.717, 1.165) is 25.2 Å². The van der Waals surface area contributed by atoms with Gasteiger partial charge in [0.05, 0.1) is 13.2 Å². The number of allylic oxidation sites excluding steroid dienone is 1. The monoisotopic (exact) mass is 428 g/mol. The van der Waals surface area contributed by atoms with E-state index in [-0.39, 0.29) is 23.2 Å². The van der Waals surface area contributed by atoms with Crippen LogP contribution in [0.25, 0.3) is 0 Å². The van der Waals surface area contributed by atoms with Crippen LogP contribution in [0, 0.1) is 40.4 Å². The van der Waals surface area contributed by atoms with Crippen molar-refractivity contribution in [2.45, 2.75) is 84.7 Å². The number of carbonyl (C=O) groups excluding carboxylic acids is 2. The predicted octanol–water partition coefficient (Wildman–Crippen LogP) is 5.25. The molecule has 0 amide bonds. The Balaban J connectivity index is 1.51. The molecule has 0 aliphatic heterocycles. The Bertz CT molecular complexity index is 797. The van der Waals surface area contributed by atoms with E-state index in [4.69, 9.17) is 4.74 Å². The highest BCUT2D eigenvalue weighted by molar-refractivity contribution is 5.91. The summed E-state index contributed by atoms with van der Waals surface area (Å²) in [6.45, 7) is 10.9. The van der Waals surface area contributed by atoms with Gasteiger partial charge >= 0.3 is 5.97 Å². The zero-order chi connectivity index (χ0) is 22.6. The van der Waals surface area contributed by atoms with Crippen LogP contribution in [0.3, 0.4) is 0 Å². The molecule has 8 atom stereocenters. The number of aliphatic hydroxyl groups is 1. The van der Waals surface area contributed by atoms with Gasteiger partial charge < -0.3 is 9.84 Å². The average molecular weight is 429 g/mol. The molecule has 0 spiro atoms. The van der Waals surface area contributed by atoms with Crippen LogP contribution in [-0.2, 0) is 14.3 Å². The van der Waals surface area contributed by atoms with Crippen molar-refractivity contribution in [2.75, 3.05) is 7.11 Å². The van der Waals surface area contributed by atoms with E-state index in [1.165, 1.54) is 38.4 Å². The van der Waals surface area contributed by atoms with Crippen molar-refractivity contribution in [1.29, 1.82) is 0 Å². The maximum atomic E-state index is 12.0. The molecule has 0 radical (unpaired) electrons. The molecule has 4 heteroatoms. The van der Waals surface area contributed by atoms with Gasteiger partial charge in [-0.1, -0.05) is 32.9 Å². The van der Waals surface area contributed by atoms with Crippen LogP contribution in [0.1, 0.15) is 78.6 Å². The fourth-order valence-electron chi connectivity index (χ4n) is 8.40. The van der Waals surface area contributed by atoms with Gasteiger partial charge in [0.25, 0.3) is 0 Å². The molecule has 0 aromatic carbocycles. The predicted molar refractivity (Wildman–Crippen MR) is 121 cm³/mol. The number of rotatable bonds is 5. The molecular weight excluding hydrogens is 388 g/mol. The standard InChI is InChI=1S/C27H40O4/c1-16(25(30)31-5)14-24(29)17(2)21-8-9-22-20-7-6-18-15-19(28)10-12-26(18,3)23(20)11-13-27(21,22)4/h15,17,20-24,29H,1,6-14H2,2-5H3/t17-,20-,21+,22-,23-,24-,26-,27+/m0/s1. The van der Waals surface area contributed by atoms with Gasteiger partial charge in [0.1, 0.15) is 0 Å². The number of fused-ring (bicyclic) bond motifs is 5. The molecule has 3 saturated carbocycles. The van der Waals surface area contributed by atoms with Gasteiger partial charge in [-0.25, -0.2) is 4.79 Å². The summed E-state index contributed by atoms with van der Waals surface area (Å²) >= 11 is 0. The first-order valence-electron chi connectivity index (χ1n) is 12.3. The third-order valence-corrected chi connectivity index (χ3v) is 10.2. The van der Waals surface area contributed by atoms with E-state index in [0.29, 0.717) is 35.5 Å². The van der Waals surface area contributed by atoms with Crippen LogP contribution in [-0.4, -0.2) is 30.1 Å². The summed E-state index contributed by atoms with van der Waals surface area (Å²) in [4.78, 5) is 23.8. The zero-order valence-corrected chi connectivity index (χ0v) is 19.8. The molecule has 172 valence electrons. The first-order valence-corrected chi connectivity index (χ1v) is 12.3. The molecule has 0 aromatic heterocycles. The van der Waals surface area contributed by atoms with Crippen molar-refractivity contribution in [2.24, 2.45) is 40.4 Å². The fraction of sp³-hybridized carbons (Fsp3) is 0.778. The number of esters is 1. The van der Waals surface area contributed by atoms with E-state index in [1.54, 1.807) is 0 Å². The smallest absolute Gasteiger partial charge is 0.333 e. The second kappa shape index (κ2) is 8.17. The van der Waals surface area contributed by atoms with Crippen molar-refractivity contribution in [3.63, 3.8) is 0 Å². The maximum absolute atomic E-state index is 12.0. The molecule has 0 bridgehead atoms. The minimum atomic E-state index is -0.562. The topological polar surface area (TPSA) is 63.6 Å². The Labute approximate surface area is 187 Å². The lowest BCUT2D eigenvalue weighted by Gasteiger charge is -2.58. The normalized spacial score (nSPS) is 41.3. The second-order valence-electron chi connectivity index (χ2n) is 11.4. The molecule has 4 nitrogen and oxygen atoms in total. The molecule has 0 saturated heterocycles. The first kappa shape index (κ1) is 22.8. The molecule has 4 rings (SSSR count). The van der Waals surface area contributed by atoms with Crippen LogP contribution in [0.15, 0.2) is 23.8 Å². The van der Waals surface area contributed by atoms with Gasteiger partial charge in [-0.3, -0.25) is 4.79 Å². The number of aliphatic hydroxyl groups excluding tert-OH is 1. The molecule has 4 aliphatic carbocycles. The third-order valence-electron chi connectivity index (χ3n) is 10.2. The summed E-state index contributed by atoms with van der Waals surface area (Å²) in [5.74, 6) is 2.62. The van der Waals surface area contributed by atoms with Crippen molar-refractivity contribution in [1.82, 2.24) is 0 Å². The van der Waals surface area contributed by atoms with Gasteiger partial charge in [-0.2, -0.15) is 0 Å². The quantitative estimate of drug-likeness (QED) is 0.480. The van der Waals surface area contributed by atoms with E-state index in [2.05, 4.69) is 27.4 Å². The van der Waals surface area contributed by atoms with Crippen molar-refractivity contribution in [3.8, 4) is 0 Å². The highest BCUT2D eigenvalue weighted by Crippen LogP contribution is 2.67. The van der Waals surface area contributed by atoms with Gasteiger partial charge in [0, 0.05) is 18.4 Å². The molecule has 4 aliphatic rings. The van der Waals surface area contributed by atoms with E-state index in [1.807, 2.05) is 6.08 Å². The lowest BCUT2D eigenvalue weighted by atomic mass is 9.46. The van der Waals surface area contributed by atoms with Crippen LogP contribution in [0.4, 0.5) is 0 Å². The van der Waals surface area contributed by atoms with Gasteiger partial charge in [0.2, 0.25) is 0 Å². The average Bonchev–Trinajstić information content (AvgIpc) is 3.10. The Morgan fingerprint density at radius 2 is 1.94 bits per heavy atom. The number of ketones is 1. The van der Waals surface area contributed by atoms with Crippen molar-refractivity contribution >= 4 is 11.8 Å². The molecule has 0 unspecified atom stereocenters. The number of hydrogen-bond acceptors (Lipinski definition) is 4. The number of methoxy groups -OCH3 is 1. The summed E-state index contributed by atoms with van der Waals surface area (Å²) in [6.07, 6.45) is 10.6. The van der Waals surface area contributed by atoms with Crippen LogP contribution >= 0.6 is 0 Å². The van der Waals surface area contributed by atoms with E-state index < -0.39 is 12.1 Å². The number of carbonyl (C=O) groups is 2. The van der Waals surface area contributed by atoms with Gasteiger partial charge in [0.15, 0.2) is 5.78 Å². The SMILES string of the molecule is C=C(C[C@H](O)[C@@H](C)[C@H]1CC[C@H]2[C@@H]3CCC4=CC(=O)CC[C@]4(C)[C@H]3CC[C@]12C)C(=O)OC. The maximum Gasteiger partial charge on any atom is 0.333 e. The third kappa shape index (κ3) is 3.63. The molecule has 3 fully saturated rings. The highest BCUT2D eigenvalue weighted by atomic mass is 16.5. The Hall–Kier alpha value is -1.42. The largest absolute Gasteiger partial charge is 0.466 e. The Morgan fingerprint density at radius 3 is 2.65 bits per heavy atom. The Morgan fingerprint density at radius 1 is 1.19 bits per heavy atom. The molecule has 31 heavy (non-hydrogen) atoms. The van der Waals surface area contributed by atoms with Crippen LogP contribution in [0.5, 0.6) is 0 Å². The Kier molecular flexibility index (Phi) is 6.00. The summed E-state index contributed by atoms with van der Waals surface area (Å²) in [7, 11) is 1.36.